The van der Waals surface area contributed by atoms with Gasteiger partial charge in [0.2, 0.25) is 5.88 Å². The van der Waals surface area contributed by atoms with E-state index in [4.69, 9.17) is 10.5 Å². The molecule has 2 aliphatic rings. The summed E-state index contributed by atoms with van der Waals surface area (Å²) in [4.78, 5) is 37.7. The quantitative estimate of drug-likeness (QED) is 0.511. The van der Waals surface area contributed by atoms with Crippen LogP contribution >= 0.6 is 0 Å². The zero-order valence-electron chi connectivity index (χ0n) is 22.4. The van der Waals surface area contributed by atoms with Crippen molar-refractivity contribution < 1.29 is 22.7 Å². The van der Waals surface area contributed by atoms with Crippen LogP contribution in [0.2, 0.25) is 0 Å². The largest absolute Gasteiger partial charge is 0.480 e. The molecule has 0 radical (unpaired) electrons. The number of anilines is 1. The highest BCUT2D eigenvalue weighted by Gasteiger charge is 2.36. The molecular formula is C26H28F3N9O2. The van der Waals surface area contributed by atoms with E-state index in [0.717, 1.165) is 24.7 Å². The van der Waals surface area contributed by atoms with Crippen LogP contribution in [0, 0.1) is 0 Å². The molecule has 2 fully saturated rings. The highest BCUT2D eigenvalue weighted by molar-refractivity contribution is 6.12. The normalized spacial score (nSPS) is 18.8. The molecule has 1 saturated heterocycles. The van der Waals surface area contributed by atoms with Crippen LogP contribution in [0.5, 0.6) is 5.88 Å². The summed E-state index contributed by atoms with van der Waals surface area (Å²) in [7, 11) is 6.26. The number of carbonyl (C=O) groups is 1. The summed E-state index contributed by atoms with van der Waals surface area (Å²) in [6, 6.07) is 2.79. The monoisotopic (exact) mass is 555 g/mol. The van der Waals surface area contributed by atoms with Crippen molar-refractivity contribution in [3.05, 3.63) is 53.4 Å². The number of nitrogens with zero attached hydrogens (tertiary/aromatic N) is 8. The fourth-order valence-electron chi connectivity index (χ4n) is 4.69. The lowest BCUT2D eigenvalue weighted by molar-refractivity contribution is -0.140. The smallest absolute Gasteiger partial charge is 0.434 e. The number of rotatable bonds is 5. The van der Waals surface area contributed by atoms with E-state index in [1.807, 2.05) is 0 Å². The number of urea groups is 1. The number of carbonyl (C=O) groups excluding carboxylic acids is 1. The second-order valence-corrected chi connectivity index (χ2v) is 9.67. The molecule has 1 aliphatic heterocycles. The van der Waals surface area contributed by atoms with Gasteiger partial charge in [-0.25, -0.2) is 24.7 Å². The molecule has 0 aromatic carbocycles. The fraction of sp³-hybridized carbons (Fsp3) is 0.385. The lowest BCUT2D eigenvalue weighted by Gasteiger charge is -2.24. The van der Waals surface area contributed by atoms with E-state index in [0.29, 0.717) is 34.0 Å². The summed E-state index contributed by atoms with van der Waals surface area (Å²) in [6.45, 7) is 0.235. The second kappa shape index (κ2) is 10.2. The van der Waals surface area contributed by atoms with Crippen LogP contribution in [-0.4, -0.2) is 75.4 Å². The van der Waals surface area contributed by atoms with Gasteiger partial charge in [0.05, 0.1) is 42.9 Å². The number of amides is 2. The number of aliphatic imine (C=N–C) groups is 1. The molecule has 40 heavy (non-hydrogen) atoms. The van der Waals surface area contributed by atoms with Crippen LogP contribution in [0.3, 0.4) is 0 Å². The third kappa shape index (κ3) is 4.96. The highest BCUT2D eigenvalue weighted by atomic mass is 19.4. The number of alkyl halides is 3. The van der Waals surface area contributed by atoms with Gasteiger partial charge in [0.25, 0.3) is 0 Å². The zero-order chi connectivity index (χ0) is 28.8. The number of nitrogens with two attached hydrogens (primary N) is 1. The van der Waals surface area contributed by atoms with Crippen molar-refractivity contribution in [2.75, 3.05) is 39.2 Å². The summed E-state index contributed by atoms with van der Waals surface area (Å²) in [6.07, 6.45) is 1.14. The van der Waals surface area contributed by atoms with E-state index < -0.39 is 11.9 Å². The first-order valence-corrected chi connectivity index (χ1v) is 12.5. The van der Waals surface area contributed by atoms with Gasteiger partial charge in [-0.05, 0) is 25.0 Å². The maximum Gasteiger partial charge on any atom is 0.434 e. The lowest BCUT2D eigenvalue weighted by Crippen LogP contribution is -2.40. The van der Waals surface area contributed by atoms with Gasteiger partial charge in [0.1, 0.15) is 18.0 Å². The Hall–Kier alpha value is -4.49. The SMILES string of the molecule is CN=C1CN(C)C(=O)N(c2ccc(-c3nc(C(F)(F)F)cn3C)cn2)C/C1=C(/N)c1c(OC)ncnc1C1CC1. The molecule has 0 unspecified atom stereocenters. The molecule has 3 aromatic rings. The van der Waals surface area contributed by atoms with Gasteiger partial charge >= 0.3 is 12.2 Å². The molecular weight excluding hydrogens is 527 g/mol. The molecule has 0 atom stereocenters. The molecule has 2 amide bonds. The number of hydrogen-bond donors (Lipinski definition) is 1. The average molecular weight is 556 g/mol. The van der Waals surface area contributed by atoms with Crippen LogP contribution in [0.1, 0.15) is 35.7 Å². The second-order valence-electron chi connectivity index (χ2n) is 9.67. The third-order valence-electron chi connectivity index (χ3n) is 6.92. The Morgan fingerprint density at radius 3 is 2.48 bits per heavy atom. The third-order valence-corrected chi connectivity index (χ3v) is 6.92. The number of halogens is 3. The number of ether oxygens (including phenoxy) is 1. The standard InChI is InChI=1S/C26H28F3N9O2/c1-31-17-11-37(3)25(39)38(10-16(17)21(30)20-22(14-5-6-14)33-13-34-24(20)40-4)19-8-7-15(9-32-19)23-35-18(12-36(23)2)26(27,28)29/h7-9,12-14H,5-6,10-11,30H2,1-4H3/b21-16-,31-17?. The van der Waals surface area contributed by atoms with E-state index in [2.05, 4.69) is 24.9 Å². The maximum absolute atomic E-state index is 13.4. The predicted octanol–water partition coefficient (Wildman–Crippen LogP) is 3.49. The van der Waals surface area contributed by atoms with Crippen molar-refractivity contribution >= 4 is 23.3 Å². The van der Waals surface area contributed by atoms with Crippen LogP contribution in [0.4, 0.5) is 23.8 Å². The number of hydrogen-bond acceptors (Lipinski definition) is 8. The molecule has 0 bridgehead atoms. The van der Waals surface area contributed by atoms with Crippen LogP contribution in [-0.2, 0) is 13.2 Å². The predicted molar refractivity (Wildman–Crippen MR) is 142 cm³/mol. The van der Waals surface area contributed by atoms with Gasteiger partial charge in [-0.15, -0.1) is 0 Å². The number of methoxy groups -OCH3 is 1. The molecule has 4 heterocycles. The van der Waals surface area contributed by atoms with E-state index in [1.165, 1.54) is 41.0 Å². The first-order valence-electron chi connectivity index (χ1n) is 12.5. The van der Waals surface area contributed by atoms with Crippen LogP contribution < -0.4 is 15.4 Å². The molecule has 14 heteroatoms. The minimum absolute atomic E-state index is 0.0385. The van der Waals surface area contributed by atoms with Gasteiger partial charge in [0, 0.05) is 50.6 Å². The fourth-order valence-corrected chi connectivity index (χ4v) is 4.69. The van der Waals surface area contributed by atoms with E-state index >= 15 is 0 Å². The lowest BCUT2D eigenvalue weighted by atomic mass is 10.00. The Morgan fingerprint density at radius 1 is 1.15 bits per heavy atom. The number of aromatic nitrogens is 5. The summed E-state index contributed by atoms with van der Waals surface area (Å²) < 4.78 is 46.3. The summed E-state index contributed by atoms with van der Waals surface area (Å²) in [5, 5.41) is 0. The molecule has 0 spiro atoms. The van der Waals surface area contributed by atoms with Crippen molar-refractivity contribution in [3.8, 4) is 17.3 Å². The van der Waals surface area contributed by atoms with E-state index in [9.17, 15) is 18.0 Å². The molecule has 11 nitrogen and oxygen atoms in total. The van der Waals surface area contributed by atoms with Crippen molar-refractivity contribution in [2.24, 2.45) is 17.8 Å². The van der Waals surface area contributed by atoms with Gasteiger partial charge in [-0.2, -0.15) is 13.2 Å². The molecule has 2 N–H and O–H groups in total. The van der Waals surface area contributed by atoms with Crippen LogP contribution in [0.25, 0.3) is 17.1 Å². The number of pyridine rings is 1. The molecule has 3 aromatic heterocycles. The van der Waals surface area contributed by atoms with Gasteiger partial charge in [0.15, 0.2) is 5.69 Å². The van der Waals surface area contributed by atoms with Crippen LogP contribution in [0.15, 0.2) is 41.4 Å². The Bertz CT molecular complexity index is 1510. The molecule has 5 rings (SSSR count). The Balaban J connectivity index is 1.56. The molecule has 1 saturated carbocycles. The van der Waals surface area contributed by atoms with Crippen molar-refractivity contribution in [1.29, 1.82) is 0 Å². The topological polar surface area (TPSA) is 128 Å². The van der Waals surface area contributed by atoms with Crippen molar-refractivity contribution in [2.45, 2.75) is 24.9 Å². The average Bonchev–Trinajstić information content (AvgIpc) is 3.72. The minimum atomic E-state index is -4.57. The Kier molecular flexibility index (Phi) is 6.94. The maximum atomic E-state index is 13.4. The van der Waals surface area contributed by atoms with Gasteiger partial charge in [-0.1, -0.05) is 0 Å². The first kappa shape index (κ1) is 27.1. The van der Waals surface area contributed by atoms with Gasteiger partial charge in [-0.3, -0.25) is 9.89 Å². The zero-order valence-corrected chi connectivity index (χ0v) is 22.4. The minimum Gasteiger partial charge on any atom is -0.480 e. The van der Waals surface area contributed by atoms with E-state index in [-0.39, 0.29) is 36.7 Å². The van der Waals surface area contributed by atoms with Gasteiger partial charge < -0.3 is 19.9 Å². The highest BCUT2D eigenvalue weighted by Crippen LogP contribution is 2.44. The summed E-state index contributed by atoms with van der Waals surface area (Å²) in [5.74, 6) is 0.966. The first-order chi connectivity index (χ1) is 19.0. The molecule has 1 aliphatic carbocycles. The summed E-state index contributed by atoms with van der Waals surface area (Å²) >= 11 is 0. The van der Waals surface area contributed by atoms with Crippen molar-refractivity contribution in [3.63, 3.8) is 0 Å². The number of aryl methyl sites for hydroxylation is 1. The van der Waals surface area contributed by atoms with Crippen molar-refractivity contribution in [1.82, 2.24) is 29.4 Å². The summed E-state index contributed by atoms with van der Waals surface area (Å²) in [5.41, 5.74) is 9.09. The Morgan fingerprint density at radius 2 is 1.90 bits per heavy atom. The Labute approximate surface area is 228 Å². The number of imidazole rings is 1. The van der Waals surface area contributed by atoms with E-state index in [1.54, 1.807) is 26.2 Å². The molecule has 210 valence electrons.